The van der Waals surface area contributed by atoms with Gasteiger partial charge in [0.1, 0.15) is 11.6 Å². The molecule has 0 fully saturated rings. The minimum atomic E-state index is -0.316. The molecule has 1 atom stereocenters. The van der Waals surface area contributed by atoms with Gasteiger partial charge >= 0.3 is 0 Å². The Morgan fingerprint density at radius 3 is 2.42 bits per heavy atom. The molecule has 0 radical (unpaired) electrons. The van der Waals surface area contributed by atoms with Crippen molar-refractivity contribution in [3.05, 3.63) is 54.6 Å². The molecule has 0 N–H and O–H groups in total. The van der Waals surface area contributed by atoms with E-state index in [4.69, 9.17) is 0 Å². The first-order chi connectivity index (χ1) is 11.6. The highest BCUT2D eigenvalue weighted by Crippen LogP contribution is 2.30. The van der Waals surface area contributed by atoms with Crippen LogP contribution in [0.5, 0.6) is 0 Å². The van der Waals surface area contributed by atoms with Crippen LogP contribution in [0, 0.1) is 5.82 Å². The van der Waals surface area contributed by atoms with Crippen LogP contribution in [0.15, 0.2) is 53.9 Å². The molecule has 2 aromatic heterocycles. The summed E-state index contributed by atoms with van der Waals surface area (Å²) in [6, 6.07) is 9.74. The zero-order valence-electron chi connectivity index (χ0n) is 13.2. The van der Waals surface area contributed by atoms with Crippen molar-refractivity contribution in [3.8, 4) is 17.1 Å². The maximum absolute atomic E-state index is 13.3. The van der Waals surface area contributed by atoms with E-state index in [0.29, 0.717) is 11.0 Å². The molecular weight excluding hydrogens is 327 g/mol. The van der Waals surface area contributed by atoms with Crippen molar-refractivity contribution >= 4 is 17.5 Å². The van der Waals surface area contributed by atoms with E-state index < -0.39 is 0 Å². The molecule has 2 heterocycles. The van der Waals surface area contributed by atoms with E-state index in [1.807, 2.05) is 23.6 Å². The van der Waals surface area contributed by atoms with Gasteiger partial charge in [-0.15, -0.1) is 10.2 Å². The van der Waals surface area contributed by atoms with Crippen molar-refractivity contribution in [1.82, 2.24) is 19.7 Å². The van der Waals surface area contributed by atoms with Crippen LogP contribution in [0.1, 0.15) is 13.8 Å². The average molecular weight is 342 g/mol. The topological polar surface area (TPSA) is 60.7 Å². The lowest BCUT2D eigenvalue weighted by Crippen LogP contribution is -2.10. The van der Waals surface area contributed by atoms with Gasteiger partial charge < -0.3 is 0 Å². The lowest BCUT2D eigenvalue weighted by atomic mass is 10.2. The molecule has 3 rings (SSSR count). The molecule has 1 unspecified atom stereocenters. The molecule has 3 aromatic rings. The number of aromatic nitrogens is 4. The smallest absolute Gasteiger partial charge is 0.196 e. The number of carbonyl (C=O) groups excluding carboxylic acids is 1. The Morgan fingerprint density at radius 1 is 1.12 bits per heavy atom. The van der Waals surface area contributed by atoms with Crippen molar-refractivity contribution in [1.29, 1.82) is 0 Å². The lowest BCUT2D eigenvalue weighted by Gasteiger charge is -2.12. The van der Waals surface area contributed by atoms with Gasteiger partial charge in [-0.25, -0.2) is 4.39 Å². The highest BCUT2D eigenvalue weighted by molar-refractivity contribution is 8.00. The molecule has 0 spiro atoms. The minimum Gasteiger partial charge on any atom is -0.299 e. The Bertz CT molecular complexity index is 849. The van der Waals surface area contributed by atoms with Gasteiger partial charge in [-0.1, -0.05) is 11.8 Å². The summed E-state index contributed by atoms with van der Waals surface area (Å²) in [7, 11) is 0. The molecule has 0 aliphatic heterocycles. The van der Waals surface area contributed by atoms with Crippen LogP contribution in [0.2, 0.25) is 0 Å². The second-order valence-corrected chi connectivity index (χ2v) is 6.53. The molecule has 1 aromatic carbocycles. The van der Waals surface area contributed by atoms with Crippen LogP contribution in [-0.4, -0.2) is 30.8 Å². The maximum Gasteiger partial charge on any atom is 0.196 e. The summed E-state index contributed by atoms with van der Waals surface area (Å²) in [4.78, 5) is 15.6. The number of hydrogen-bond donors (Lipinski definition) is 0. The minimum absolute atomic E-state index is 0.0547. The summed E-state index contributed by atoms with van der Waals surface area (Å²) < 4.78 is 15.1. The van der Waals surface area contributed by atoms with E-state index in [1.165, 1.54) is 23.9 Å². The third-order valence-corrected chi connectivity index (χ3v) is 4.67. The predicted octanol–water partition coefficient (Wildman–Crippen LogP) is 3.54. The van der Waals surface area contributed by atoms with Gasteiger partial charge in [-0.3, -0.25) is 14.3 Å². The number of hydrogen-bond acceptors (Lipinski definition) is 5. The largest absolute Gasteiger partial charge is 0.299 e. The zero-order valence-corrected chi connectivity index (χ0v) is 14.0. The summed E-state index contributed by atoms with van der Waals surface area (Å²) >= 11 is 1.32. The quantitative estimate of drug-likeness (QED) is 0.664. The van der Waals surface area contributed by atoms with Crippen molar-refractivity contribution < 1.29 is 9.18 Å². The Kier molecular flexibility index (Phi) is 4.71. The summed E-state index contributed by atoms with van der Waals surface area (Å²) in [5.74, 6) is 0.352. The second-order valence-electron chi connectivity index (χ2n) is 5.22. The number of carbonyl (C=O) groups is 1. The van der Waals surface area contributed by atoms with Crippen molar-refractivity contribution in [2.24, 2.45) is 0 Å². The normalized spacial score (nSPS) is 12.1. The molecule has 5 nitrogen and oxygen atoms in total. The van der Waals surface area contributed by atoms with Crippen LogP contribution >= 0.6 is 11.8 Å². The van der Waals surface area contributed by atoms with Crippen LogP contribution < -0.4 is 0 Å². The summed E-state index contributed by atoms with van der Waals surface area (Å²) in [5, 5.41) is 8.81. The number of rotatable bonds is 5. The van der Waals surface area contributed by atoms with E-state index in [-0.39, 0.29) is 16.9 Å². The molecule has 122 valence electrons. The van der Waals surface area contributed by atoms with Gasteiger partial charge in [-0.05, 0) is 50.2 Å². The van der Waals surface area contributed by atoms with Crippen LogP contribution in [-0.2, 0) is 4.79 Å². The first-order valence-electron chi connectivity index (χ1n) is 7.35. The number of benzene rings is 1. The monoisotopic (exact) mass is 342 g/mol. The Labute approximate surface area is 143 Å². The van der Waals surface area contributed by atoms with E-state index >= 15 is 0 Å². The summed E-state index contributed by atoms with van der Waals surface area (Å²) in [6.07, 6.45) is 3.34. The molecule has 7 heteroatoms. The first kappa shape index (κ1) is 16.3. The maximum atomic E-state index is 13.3. The fraction of sp³-hybridized carbons (Fsp3) is 0.176. The molecule has 0 bridgehead atoms. The summed E-state index contributed by atoms with van der Waals surface area (Å²) in [6.45, 7) is 3.36. The third-order valence-electron chi connectivity index (χ3n) is 3.51. The van der Waals surface area contributed by atoms with Crippen LogP contribution in [0.4, 0.5) is 4.39 Å². The highest BCUT2D eigenvalue weighted by Gasteiger charge is 2.20. The standard InChI is InChI=1S/C17H15FN4OS/c1-11(23)12(2)24-17-21-20-16(13-7-9-19-10-8-13)22(17)15-5-3-14(18)4-6-15/h3-10,12H,1-2H3. The zero-order chi connectivity index (χ0) is 17.1. The highest BCUT2D eigenvalue weighted by atomic mass is 32.2. The van der Waals surface area contributed by atoms with Gasteiger partial charge in [-0.2, -0.15) is 0 Å². The van der Waals surface area contributed by atoms with Crippen LogP contribution in [0.3, 0.4) is 0 Å². The third kappa shape index (κ3) is 3.35. The molecule has 0 amide bonds. The number of Topliss-reactive ketones (excluding diaryl/α,β-unsaturated/α-hetero) is 1. The van der Waals surface area contributed by atoms with Crippen molar-refractivity contribution in [2.75, 3.05) is 0 Å². The second kappa shape index (κ2) is 6.92. The summed E-state index contributed by atoms with van der Waals surface area (Å²) in [5.41, 5.74) is 1.57. The Hall–Kier alpha value is -2.54. The fourth-order valence-corrected chi connectivity index (χ4v) is 2.97. The molecule has 0 aliphatic rings. The van der Waals surface area contributed by atoms with E-state index in [9.17, 15) is 9.18 Å². The first-order valence-corrected chi connectivity index (χ1v) is 8.23. The van der Waals surface area contributed by atoms with E-state index in [0.717, 1.165) is 11.3 Å². The SMILES string of the molecule is CC(=O)C(C)Sc1nnc(-c2ccncc2)n1-c1ccc(F)cc1. The van der Waals surface area contributed by atoms with Gasteiger partial charge in [0.15, 0.2) is 11.0 Å². The van der Waals surface area contributed by atoms with Gasteiger partial charge in [0.2, 0.25) is 0 Å². The van der Waals surface area contributed by atoms with Gasteiger partial charge in [0, 0.05) is 23.6 Å². The lowest BCUT2D eigenvalue weighted by molar-refractivity contribution is -0.116. The molecular formula is C17H15FN4OS. The Morgan fingerprint density at radius 2 is 1.79 bits per heavy atom. The number of nitrogens with zero attached hydrogens (tertiary/aromatic N) is 4. The number of halogens is 1. The van der Waals surface area contributed by atoms with E-state index in [2.05, 4.69) is 15.2 Å². The number of ketones is 1. The van der Waals surface area contributed by atoms with Crippen LogP contribution in [0.25, 0.3) is 17.1 Å². The molecule has 0 saturated carbocycles. The van der Waals surface area contributed by atoms with Crippen molar-refractivity contribution in [3.63, 3.8) is 0 Å². The Balaban J connectivity index is 2.12. The fourth-order valence-electron chi connectivity index (χ4n) is 2.10. The average Bonchev–Trinajstić information content (AvgIpc) is 3.00. The number of thioether (sulfide) groups is 1. The van der Waals surface area contributed by atoms with Gasteiger partial charge in [0.05, 0.1) is 5.25 Å². The van der Waals surface area contributed by atoms with E-state index in [1.54, 1.807) is 31.5 Å². The molecule has 24 heavy (non-hydrogen) atoms. The molecule has 0 saturated heterocycles. The van der Waals surface area contributed by atoms with Gasteiger partial charge in [0.25, 0.3) is 0 Å². The van der Waals surface area contributed by atoms with Crippen molar-refractivity contribution in [2.45, 2.75) is 24.3 Å². The molecule has 0 aliphatic carbocycles. The predicted molar refractivity (Wildman–Crippen MR) is 90.5 cm³/mol. The number of pyridine rings is 1.